The molecule has 2 atom stereocenters. The first-order valence-electron chi connectivity index (χ1n) is 7.28. The molecule has 1 aromatic heterocycles. The van der Waals surface area contributed by atoms with Gasteiger partial charge in [0, 0.05) is 37.2 Å². The molecule has 1 aliphatic heterocycles. The molecular formula is C15H24N2O. The third-order valence-corrected chi connectivity index (χ3v) is 4.56. The standard InChI is InChI=1S/C15H24N2O/c1-11-9-13-14(16)3-2-4-15(13)17(11)7-5-12-6-8-18-10-12/h9,12,14H,2-8,10,16H2,1H3. The average Bonchev–Trinajstić information content (AvgIpc) is 2.95. The average molecular weight is 248 g/mol. The molecule has 0 bridgehead atoms. The summed E-state index contributed by atoms with van der Waals surface area (Å²) in [5.74, 6) is 0.764. The number of aryl methyl sites for hydroxylation is 1. The van der Waals surface area contributed by atoms with E-state index in [0.717, 1.165) is 32.1 Å². The van der Waals surface area contributed by atoms with Crippen molar-refractivity contribution in [1.82, 2.24) is 4.57 Å². The summed E-state index contributed by atoms with van der Waals surface area (Å²) in [6.45, 7) is 5.28. The van der Waals surface area contributed by atoms with Gasteiger partial charge >= 0.3 is 0 Å². The maximum atomic E-state index is 6.21. The summed E-state index contributed by atoms with van der Waals surface area (Å²) >= 11 is 0. The van der Waals surface area contributed by atoms with Gasteiger partial charge < -0.3 is 15.0 Å². The fourth-order valence-corrected chi connectivity index (χ4v) is 3.43. The molecule has 3 heteroatoms. The van der Waals surface area contributed by atoms with Crippen molar-refractivity contribution in [3.63, 3.8) is 0 Å². The Kier molecular flexibility index (Phi) is 3.44. The smallest absolute Gasteiger partial charge is 0.0495 e. The highest BCUT2D eigenvalue weighted by Crippen LogP contribution is 2.31. The van der Waals surface area contributed by atoms with E-state index in [1.807, 2.05) is 0 Å². The summed E-state index contributed by atoms with van der Waals surface area (Å²) in [6, 6.07) is 2.58. The molecule has 2 heterocycles. The Bertz CT molecular complexity index is 418. The molecule has 2 aliphatic rings. The number of rotatable bonds is 3. The second kappa shape index (κ2) is 5.06. The number of aromatic nitrogens is 1. The summed E-state index contributed by atoms with van der Waals surface area (Å²) in [5, 5.41) is 0. The summed E-state index contributed by atoms with van der Waals surface area (Å²) in [4.78, 5) is 0. The minimum Gasteiger partial charge on any atom is -0.381 e. The van der Waals surface area contributed by atoms with E-state index >= 15 is 0 Å². The molecule has 3 rings (SSSR count). The molecule has 0 aromatic carbocycles. The molecule has 3 nitrogen and oxygen atoms in total. The highest BCUT2D eigenvalue weighted by atomic mass is 16.5. The van der Waals surface area contributed by atoms with E-state index in [-0.39, 0.29) is 6.04 Å². The molecule has 2 unspecified atom stereocenters. The van der Waals surface area contributed by atoms with Crippen molar-refractivity contribution in [3.8, 4) is 0 Å². The third-order valence-electron chi connectivity index (χ3n) is 4.56. The lowest BCUT2D eigenvalue weighted by Gasteiger charge is -2.21. The van der Waals surface area contributed by atoms with Crippen molar-refractivity contribution in [1.29, 1.82) is 0 Å². The summed E-state index contributed by atoms with van der Waals surface area (Å²) in [6.07, 6.45) is 6.08. The Morgan fingerprint density at radius 1 is 1.44 bits per heavy atom. The van der Waals surface area contributed by atoms with Crippen LogP contribution in [0.25, 0.3) is 0 Å². The minimum absolute atomic E-state index is 0.267. The fraction of sp³-hybridized carbons (Fsp3) is 0.733. The van der Waals surface area contributed by atoms with Gasteiger partial charge in [-0.1, -0.05) is 0 Å². The predicted molar refractivity (Wildman–Crippen MR) is 72.6 cm³/mol. The van der Waals surface area contributed by atoms with Crippen LogP contribution in [0.3, 0.4) is 0 Å². The number of nitrogens with two attached hydrogens (primary N) is 1. The third kappa shape index (κ3) is 2.21. The number of ether oxygens (including phenoxy) is 1. The van der Waals surface area contributed by atoms with Gasteiger partial charge in [0.15, 0.2) is 0 Å². The van der Waals surface area contributed by atoms with Crippen molar-refractivity contribution in [2.45, 2.75) is 51.6 Å². The molecular weight excluding hydrogens is 224 g/mol. The molecule has 1 aromatic rings. The van der Waals surface area contributed by atoms with Crippen LogP contribution in [0.15, 0.2) is 6.07 Å². The van der Waals surface area contributed by atoms with Crippen LogP contribution in [-0.2, 0) is 17.7 Å². The molecule has 0 spiro atoms. The van der Waals surface area contributed by atoms with Gasteiger partial charge in [-0.05, 0) is 56.6 Å². The van der Waals surface area contributed by atoms with Crippen LogP contribution in [0, 0.1) is 12.8 Å². The van der Waals surface area contributed by atoms with Crippen LogP contribution in [-0.4, -0.2) is 17.8 Å². The van der Waals surface area contributed by atoms with Gasteiger partial charge in [0.1, 0.15) is 0 Å². The Balaban J connectivity index is 1.74. The molecule has 0 amide bonds. The van der Waals surface area contributed by atoms with Crippen molar-refractivity contribution in [2.75, 3.05) is 13.2 Å². The predicted octanol–water partition coefficient (Wildman–Crippen LogP) is 2.56. The maximum Gasteiger partial charge on any atom is 0.0495 e. The topological polar surface area (TPSA) is 40.2 Å². The van der Waals surface area contributed by atoms with E-state index in [4.69, 9.17) is 10.5 Å². The van der Waals surface area contributed by atoms with E-state index < -0.39 is 0 Å². The monoisotopic (exact) mass is 248 g/mol. The maximum absolute atomic E-state index is 6.21. The van der Waals surface area contributed by atoms with E-state index in [1.165, 1.54) is 42.6 Å². The van der Waals surface area contributed by atoms with Crippen LogP contribution in [0.1, 0.15) is 48.7 Å². The van der Waals surface area contributed by atoms with Crippen LogP contribution in [0.5, 0.6) is 0 Å². The van der Waals surface area contributed by atoms with Crippen molar-refractivity contribution in [2.24, 2.45) is 11.7 Å². The van der Waals surface area contributed by atoms with Gasteiger partial charge in [0.05, 0.1) is 0 Å². The van der Waals surface area contributed by atoms with E-state index in [2.05, 4.69) is 17.6 Å². The summed E-state index contributed by atoms with van der Waals surface area (Å²) in [7, 11) is 0. The first-order valence-corrected chi connectivity index (χ1v) is 7.28. The number of nitrogens with zero attached hydrogens (tertiary/aromatic N) is 1. The van der Waals surface area contributed by atoms with Gasteiger partial charge in [0.25, 0.3) is 0 Å². The Hall–Kier alpha value is -0.800. The molecule has 1 saturated heterocycles. The lowest BCUT2D eigenvalue weighted by atomic mass is 9.93. The zero-order chi connectivity index (χ0) is 12.5. The zero-order valence-electron chi connectivity index (χ0n) is 11.3. The van der Waals surface area contributed by atoms with Crippen LogP contribution < -0.4 is 5.73 Å². The largest absolute Gasteiger partial charge is 0.381 e. The molecule has 100 valence electrons. The van der Waals surface area contributed by atoms with Gasteiger partial charge in [-0.2, -0.15) is 0 Å². The van der Waals surface area contributed by atoms with E-state index in [0.29, 0.717) is 0 Å². The van der Waals surface area contributed by atoms with E-state index in [1.54, 1.807) is 0 Å². The highest BCUT2D eigenvalue weighted by molar-refractivity contribution is 5.32. The fourth-order valence-electron chi connectivity index (χ4n) is 3.43. The number of hydrogen-bond acceptors (Lipinski definition) is 2. The van der Waals surface area contributed by atoms with E-state index in [9.17, 15) is 0 Å². The Morgan fingerprint density at radius 2 is 2.33 bits per heavy atom. The normalized spacial score (nSPS) is 27.4. The first-order chi connectivity index (χ1) is 8.75. The second-order valence-electron chi connectivity index (χ2n) is 5.86. The first kappa shape index (κ1) is 12.2. The van der Waals surface area contributed by atoms with Gasteiger partial charge in [-0.3, -0.25) is 0 Å². The Morgan fingerprint density at radius 3 is 3.11 bits per heavy atom. The molecule has 1 aliphatic carbocycles. The molecule has 1 fully saturated rings. The van der Waals surface area contributed by atoms with Crippen molar-refractivity contribution >= 4 is 0 Å². The number of fused-ring (bicyclic) bond motifs is 1. The molecule has 2 N–H and O–H groups in total. The number of hydrogen-bond donors (Lipinski definition) is 1. The minimum atomic E-state index is 0.267. The van der Waals surface area contributed by atoms with Crippen molar-refractivity contribution in [3.05, 3.63) is 23.0 Å². The summed E-state index contributed by atoms with van der Waals surface area (Å²) in [5.41, 5.74) is 10.5. The Labute approximate surface area is 109 Å². The zero-order valence-corrected chi connectivity index (χ0v) is 11.3. The molecule has 18 heavy (non-hydrogen) atoms. The lowest BCUT2D eigenvalue weighted by Crippen LogP contribution is -2.19. The second-order valence-corrected chi connectivity index (χ2v) is 5.86. The highest BCUT2D eigenvalue weighted by Gasteiger charge is 2.23. The quantitative estimate of drug-likeness (QED) is 0.893. The van der Waals surface area contributed by atoms with Gasteiger partial charge in [-0.15, -0.1) is 0 Å². The van der Waals surface area contributed by atoms with Gasteiger partial charge in [0.2, 0.25) is 0 Å². The summed E-state index contributed by atoms with van der Waals surface area (Å²) < 4.78 is 7.96. The van der Waals surface area contributed by atoms with Crippen LogP contribution in [0.4, 0.5) is 0 Å². The molecule has 0 saturated carbocycles. The van der Waals surface area contributed by atoms with Crippen molar-refractivity contribution < 1.29 is 4.74 Å². The van der Waals surface area contributed by atoms with Crippen LogP contribution in [0.2, 0.25) is 0 Å². The van der Waals surface area contributed by atoms with Gasteiger partial charge in [-0.25, -0.2) is 0 Å². The lowest BCUT2D eigenvalue weighted by molar-refractivity contribution is 0.183. The van der Waals surface area contributed by atoms with Crippen LogP contribution >= 0.6 is 0 Å². The molecule has 0 radical (unpaired) electrons. The SMILES string of the molecule is Cc1cc2c(n1CCC1CCOC1)CCCC2N.